The van der Waals surface area contributed by atoms with Crippen molar-refractivity contribution in [3.63, 3.8) is 0 Å². The van der Waals surface area contributed by atoms with Crippen molar-refractivity contribution in [2.45, 2.75) is 31.7 Å². The van der Waals surface area contributed by atoms with Crippen LogP contribution >= 0.6 is 0 Å². The topological polar surface area (TPSA) is 50.2 Å². The van der Waals surface area contributed by atoms with Gasteiger partial charge < -0.3 is 15.1 Å². The molecule has 1 saturated carbocycles. The summed E-state index contributed by atoms with van der Waals surface area (Å²) in [5, 5.41) is 20.4. The zero-order valence-corrected chi connectivity index (χ0v) is 18.0. The molecule has 5 heteroatoms. The maximum Gasteiger partial charge on any atom is 0.167 e. The molecule has 29 heavy (non-hydrogen) atoms. The molecule has 0 spiro atoms. The van der Waals surface area contributed by atoms with Crippen molar-refractivity contribution in [3.8, 4) is 0 Å². The van der Waals surface area contributed by atoms with E-state index in [-0.39, 0.29) is 11.2 Å². The standard InChI is InChI=1S/C24H33N3O2/c1-25(2)22-17-24(22,16-20-10-12-21(28)13-11-20)18-27(4)23(29)26(3)15-14-19-8-6-5-7-9-19/h5-10,12,22-23,28-29H,14-18H2,1-4H3. The summed E-state index contributed by atoms with van der Waals surface area (Å²) in [6.07, 6.45) is 5.81. The average Bonchev–Trinajstić information content (AvgIpc) is 3.41. The molecule has 0 radical (unpaired) electrons. The van der Waals surface area contributed by atoms with Crippen molar-refractivity contribution in [3.05, 3.63) is 70.8 Å². The fraction of sp³-hybridized carbons (Fsp3) is 0.500. The number of hydrogen-bond donors (Lipinski definition) is 2. The Labute approximate surface area is 174 Å². The molecule has 1 aromatic rings. The number of likely N-dealkylation sites (N-methyl/N-ethyl adjacent to an activating group) is 1. The Bertz CT molecular complexity index is 835. The van der Waals surface area contributed by atoms with Gasteiger partial charge in [-0.2, -0.15) is 0 Å². The Balaban J connectivity index is 1.62. The van der Waals surface area contributed by atoms with E-state index in [9.17, 15) is 10.2 Å². The van der Waals surface area contributed by atoms with Crippen LogP contribution in [-0.4, -0.2) is 78.6 Å². The Morgan fingerprint density at radius 2 is 1.79 bits per heavy atom. The van der Waals surface area contributed by atoms with Crippen LogP contribution in [0.25, 0.3) is 0 Å². The molecule has 1 fully saturated rings. The molecule has 0 aliphatic heterocycles. The summed E-state index contributed by atoms with van der Waals surface area (Å²) in [7, 11) is 8.18. The molecule has 0 saturated heterocycles. The number of aliphatic hydroxyl groups is 2. The quantitative estimate of drug-likeness (QED) is 0.471. The normalized spacial score (nSPS) is 24.2. The van der Waals surface area contributed by atoms with Crippen LogP contribution in [0, 0.1) is 5.41 Å². The van der Waals surface area contributed by atoms with E-state index in [1.54, 1.807) is 6.08 Å². The molecule has 3 rings (SSSR count). The van der Waals surface area contributed by atoms with Gasteiger partial charge in [-0.25, -0.2) is 0 Å². The van der Waals surface area contributed by atoms with E-state index in [1.807, 2.05) is 48.2 Å². The summed E-state index contributed by atoms with van der Waals surface area (Å²) in [5.74, 6) is 0.121. The molecule has 3 atom stereocenters. The van der Waals surface area contributed by atoms with Crippen LogP contribution < -0.4 is 0 Å². The lowest BCUT2D eigenvalue weighted by atomic mass is 9.94. The van der Waals surface area contributed by atoms with E-state index in [2.05, 4.69) is 42.6 Å². The van der Waals surface area contributed by atoms with Crippen molar-refractivity contribution in [1.82, 2.24) is 14.7 Å². The van der Waals surface area contributed by atoms with E-state index >= 15 is 0 Å². The van der Waals surface area contributed by atoms with E-state index in [0.29, 0.717) is 6.04 Å². The predicted octanol–water partition coefficient (Wildman–Crippen LogP) is 2.77. The molecule has 3 unspecified atom stereocenters. The van der Waals surface area contributed by atoms with Crippen LogP contribution in [0.2, 0.25) is 0 Å². The van der Waals surface area contributed by atoms with Crippen molar-refractivity contribution in [2.75, 3.05) is 41.3 Å². The zero-order valence-electron chi connectivity index (χ0n) is 18.0. The third-order valence-electron chi connectivity index (χ3n) is 6.05. The summed E-state index contributed by atoms with van der Waals surface area (Å²) in [4.78, 5) is 6.30. The summed E-state index contributed by atoms with van der Waals surface area (Å²) in [6.45, 7) is 1.59. The van der Waals surface area contributed by atoms with E-state index in [0.717, 1.165) is 37.9 Å². The molecular weight excluding hydrogens is 362 g/mol. The van der Waals surface area contributed by atoms with Crippen LogP contribution in [0.4, 0.5) is 0 Å². The molecule has 5 nitrogen and oxygen atoms in total. The van der Waals surface area contributed by atoms with Crippen LogP contribution in [0.1, 0.15) is 18.4 Å². The van der Waals surface area contributed by atoms with E-state index in [1.165, 1.54) is 5.56 Å². The summed E-state index contributed by atoms with van der Waals surface area (Å²) >= 11 is 0. The average molecular weight is 396 g/mol. The van der Waals surface area contributed by atoms with Crippen LogP contribution in [0.5, 0.6) is 0 Å². The summed E-state index contributed by atoms with van der Waals surface area (Å²) < 4.78 is 0. The second kappa shape index (κ2) is 9.15. The minimum absolute atomic E-state index is 0.0703. The zero-order chi connectivity index (χ0) is 21.0. The third-order valence-corrected chi connectivity index (χ3v) is 6.05. The maximum atomic E-state index is 10.9. The van der Waals surface area contributed by atoms with Gasteiger partial charge in [-0.1, -0.05) is 36.1 Å². The highest BCUT2D eigenvalue weighted by molar-refractivity contribution is 5.31. The molecular formula is C24H33N3O2. The molecule has 1 aromatic carbocycles. The predicted molar refractivity (Wildman–Crippen MR) is 116 cm³/mol. The van der Waals surface area contributed by atoms with Crippen molar-refractivity contribution in [1.29, 1.82) is 0 Å². The Morgan fingerprint density at radius 3 is 2.38 bits per heavy atom. The van der Waals surface area contributed by atoms with E-state index < -0.39 is 6.35 Å². The van der Waals surface area contributed by atoms with Gasteiger partial charge in [0.05, 0.1) is 0 Å². The van der Waals surface area contributed by atoms with Crippen molar-refractivity contribution >= 4 is 0 Å². The van der Waals surface area contributed by atoms with Crippen LogP contribution in [0.15, 0.2) is 65.3 Å². The summed E-state index contributed by atoms with van der Waals surface area (Å²) in [6, 6.07) is 10.8. The largest absolute Gasteiger partial charge is 0.501 e. The van der Waals surface area contributed by atoms with Gasteiger partial charge in [-0.15, -0.1) is 0 Å². The summed E-state index contributed by atoms with van der Waals surface area (Å²) in [5.41, 5.74) is 8.23. The molecule has 2 N–H and O–H groups in total. The molecule has 0 amide bonds. The highest BCUT2D eigenvalue weighted by Crippen LogP contribution is 2.53. The molecule has 156 valence electrons. The lowest BCUT2D eigenvalue weighted by Gasteiger charge is -2.34. The first-order valence-electron chi connectivity index (χ1n) is 10.2. The first kappa shape index (κ1) is 21.6. The van der Waals surface area contributed by atoms with Crippen molar-refractivity contribution in [2.24, 2.45) is 5.41 Å². The fourth-order valence-corrected chi connectivity index (χ4v) is 4.34. The second-order valence-electron chi connectivity index (χ2n) is 8.69. The van der Waals surface area contributed by atoms with Gasteiger partial charge in [-0.05, 0) is 70.9 Å². The lowest BCUT2D eigenvalue weighted by Crippen LogP contribution is -2.48. The number of rotatable bonds is 10. The SMILES string of the molecule is CN(C)C1CC1(CC1=C=C=C(O)C=C1)CN(C)C(O)N(C)CCc1ccccc1. The lowest BCUT2D eigenvalue weighted by molar-refractivity contribution is -0.0963. The highest BCUT2D eigenvalue weighted by Gasteiger charge is 2.56. The number of benzene rings is 1. The number of allylic oxidation sites excluding steroid dienone is 3. The minimum atomic E-state index is -0.630. The highest BCUT2D eigenvalue weighted by atomic mass is 16.3. The molecule has 2 aliphatic carbocycles. The van der Waals surface area contributed by atoms with Crippen LogP contribution in [0.3, 0.4) is 0 Å². The number of aliphatic hydroxyl groups excluding tert-OH is 2. The number of nitrogens with zero attached hydrogens (tertiary/aromatic N) is 3. The number of hydrogen-bond acceptors (Lipinski definition) is 5. The van der Waals surface area contributed by atoms with Gasteiger partial charge in [0.25, 0.3) is 0 Å². The van der Waals surface area contributed by atoms with Gasteiger partial charge in [0.15, 0.2) is 12.1 Å². The first-order valence-corrected chi connectivity index (χ1v) is 10.2. The van der Waals surface area contributed by atoms with Gasteiger partial charge in [-0.3, -0.25) is 9.80 Å². The van der Waals surface area contributed by atoms with E-state index in [4.69, 9.17) is 0 Å². The minimum Gasteiger partial charge on any atom is -0.501 e. The van der Waals surface area contributed by atoms with Gasteiger partial charge >= 0.3 is 0 Å². The Morgan fingerprint density at radius 1 is 1.07 bits per heavy atom. The van der Waals surface area contributed by atoms with Gasteiger partial charge in [0.2, 0.25) is 0 Å². The Hall–Kier alpha value is -2.10. The molecule has 0 aromatic heterocycles. The molecule has 0 bridgehead atoms. The maximum absolute atomic E-state index is 10.9. The third kappa shape index (κ3) is 5.49. The monoisotopic (exact) mass is 395 g/mol. The smallest absolute Gasteiger partial charge is 0.167 e. The Kier molecular flexibility index (Phi) is 6.81. The molecule has 2 aliphatic rings. The molecule has 0 heterocycles. The van der Waals surface area contributed by atoms with Gasteiger partial charge in [0.1, 0.15) is 0 Å². The fourth-order valence-electron chi connectivity index (χ4n) is 4.34. The van der Waals surface area contributed by atoms with Crippen LogP contribution in [-0.2, 0) is 6.42 Å². The van der Waals surface area contributed by atoms with Gasteiger partial charge in [0, 0.05) is 30.1 Å². The first-order chi connectivity index (χ1) is 13.8. The van der Waals surface area contributed by atoms with Crippen molar-refractivity contribution < 1.29 is 10.2 Å². The second-order valence-corrected chi connectivity index (χ2v) is 8.69.